The fourth-order valence-electron chi connectivity index (χ4n) is 2.72. The van der Waals surface area contributed by atoms with Crippen molar-refractivity contribution in [2.45, 2.75) is 40.5 Å². The van der Waals surface area contributed by atoms with E-state index in [0.29, 0.717) is 6.54 Å². The number of piperidine rings is 1. The van der Waals surface area contributed by atoms with Gasteiger partial charge in [-0.25, -0.2) is 0 Å². The molecule has 19 heavy (non-hydrogen) atoms. The molecule has 4 nitrogen and oxygen atoms in total. The van der Waals surface area contributed by atoms with Crippen LogP contribution in [0.1, 0.15) is 47.2 Å². The lowest BCUT2D eigenvalue weighted by Crippen LogP contribution is -2.45. The van der Waals surface area contributed by atoms with Gasteiger partial charge in [0, 0.05) is 18.7 Å². The predicted octanol–water partition coefficient (Wildman–Crippen LogP) is 2.41. The third kappa shape index (κ3) is 2.54. The molecule has 0 unspecified atom stereocenters. The zero-order valence-electron chi connectivity index (χ0n) is 12.4. The SMILES string of the molecule is Cc1oc(C)c(C(=O)N2CCC(C)(CN)CC2)c1C. The van der Waals surface area contributed by atoms with E-state index in [4.69, 9.17) is 10.2 Å². The Kier molecular flexibility index (Phi) is 3.72. The zero-order valence-corrected chi connectivity index (χ0v) is 12.4. The first-order valence-electron chi connectivity index (χ1n) is 6.94. The van der Waals surface area contributed by atoms with E-state index >= 15 is 0 Å². The summed E-state index contributed by atoms with van der Waals surface area (Å²) in [6.07, 6.45) is 1.95. The molecule has 1 saturated heterocycles. The number of likely N-dealkylation sites (tertiary alicyclic amines) is 1. The molecule has 2 N–H and O–H groups in total. The molecule has 1 aliphatic heterocycles. The van der Waals surface area contributed by atoms with Gasteiger partial charge in [0.1, 0.15) is 11.5 Å². The molecular formula is C15H24N2O2. The Labute approximate surface area is 114 Å². The summed E-state index contributed by atoms with van der Waals surface area (Å²) in [5, 5.41) is 0. The van der Waals surface area contributed by atoms with Crippen molar-refractivity contribution in [1.82, 2.24) is 4.90 Å². The third-order valence-electron chi connectivity index (χ3n) is 4.53. The maximum absolute atomic E-state index is 12.6. The number of carbonyl (C=O) groups excluding carboxylic acids is 1. The summed E-state index contributed by atoms with van der Waals surface area (Å²) in [7, 11) is 0. The van der Waals surface area contributed by atoms with Gasteiger partial charge in [0.15, 0.2) is 0 Å². The molecule has 2 rings (SSSR count). The summed E-state index contributed by atoms with van der Waals surface area (Å²) in [5.41, 5.74) is 7.70. The zero-order chi connectivity index (χ0) is 14.2. The first kappa shape index (κ1) is 14.1. The van der Waals surface area contributed by atoms with Crippen LogP contribution in [0.15, 0.2) is 4.42 Å². The number of carbonyl (C=O) groups is 1. The molecule has 0 bridgehead atoms. The quantitative estimate of drug-likeness (QED) is 0.892. The van der Waals surface area contributed by atoms with Crippen molar-refractivity contribution in [3.8, 4) is 0 Å². The van der Waals surface area contributed by atoms with Crippen LogP contribution in [0.25, 0.3) is 0 Å². The minimum absolute atomic E-state index is 0.103. The Balaban J connectivity index is 2.14. The number of hydrogen-bond donors (Lipinski definition) is 1. The van der Waals surface area contributed by atoms with E-state index in [-0.39, 0.29) is 11.3 Å². The first-order chi connectivity index (χ1) is 8.88. The largest absolute Gasteiger partial charge is 0.466 e. The number of hydrogen-bond acceptors (Lipinski definition) is 3. The van der Waals surface area contributed by atoms with Gasteiger partial charge in [0.25, 0.3) is 5.91 Å². The van der Waals surface area contributed by atoms with Crippen LogP contribution in [0.3, 0.4) is 0 Å². The number of nitrogens with zero attached hydrogens (tertiary/aromatic N) is 1. The Morgan fingerprint density at radius 1 is 1.26 bits per heavy atom. The molecule has 1 aromatic rings. The van der Waals surface area contributed by atoms with Gasteiger partial charge in [-0.3, -0.25) is 4.79 Å². The molecule has 1 fully saturated rings. The van der Waals surface area contributed by atoms with Crippen LogP contribution < -0.4 is 5.73 Å². The van der Waals surface area contributed by atoms with Crippen molar-refractivity contribution in [2.75, 3.05) is 19.6 Å². The second-order valence-electron chi connectivity index (χ2n) is 6.02. The molecule has 0 aliphatic carbocycles. The van der Waals surface area contributed by atoms with Crippen LogP contribution in [-0.2, 0) is 0 Å². The lowest BCUT2D eigenvalue weighted by Gasteiger charge is -2.38. The summed E-state index contributed by atoms with van der Waals surface area (Å²) >= 11 is 0. The van der Waals surface area contributed by atoms with E-state index < -0.39 is 0 Å². The number of amides is 1. The van der Waals surface area contributed by atoms with E-state index in [1.165, 1.54) is 0 Å². The van der Waals surface area contributed by atoms with Crippen LogP contribution in [0, 0.1) is 26.2 Å². The molecule has 0 aromatic carbocycles. The lowest BCUT2D eigenvalue weighted by atomic mass is 9.80. The summed E-state index contributed by atoms with van der Waals surface area (Å²) in [4.78, 5) is 14.5. The molecule has 0 atom stereocenters. The maximum Gasteiger partial charge on any atom is 0.257 e. The second kappa shape index (κ2) is 5.00. The van der Waals surface area contributed by atoms with Crippen LogP contribution in [-0.4, -0.2) is 30.4 Å². The highest BCUT2D eigenvalue weighted by molar-refractivity contribution is 5.96. The molecule has 0 radical (unpaired) electrons. The van der Waals surface area contributed by atoms with Crippen LogP contribution >= 0.6 is 0 Å². The fraction of sp³-hybridized carbons (Fsp3) is 0.667. The van der Waals surface area contributed by atoms with Crippen molar-refractivity contribution in [3.63, 3.8) is 0 Å². The van der Waals surface area contributed by atoms with Crippen molar-refractivity contribution in [2.24, 2.45) is 11.1 Å². The molecule has 1 aromatic heterocycles. The Bertz CT molecular complexity index is 483. The van der Waals surface area contributed by atoms with Gasteiger partial charge in [0.2, 0.25) is 0 Å². The number of nitrogens with two attached hydrogens (primary N) is 1. The van der Waals surface area contributed by atoms with Crippen LogP contribution in [0.4, 0.5) is 0 Å². The highest BCUT2D eigenvalue weighted by Gasteiger charge is 2.32. The van der Waals surface area contributed by atoms with Gasteiger partial charge in [-0.05, 0) is 45.6 Å². The Hall–Kier alpha value is -1.29. The molecule has 0 saturated carbocycles. The molecule has 1 amide bonds. The van der Waals surface area contributed by atoms with Gasteiger partial charge in [0.05, 0.1) is 5.56 Å². The fourth-order valence-corrected chi connectivity index (χ4v) is 2.72. The average molecular weight is 264 g/mol. The van der Waals surface area contributed by atoms with Crippen molar-refractivity contribution in [1.29, 1.82) is 0 Å². The summed E-state index contributed by atoms with van der Waals surface area (Å²) in [6.45, 7) is 10.2. The van der Waals surface area contributed by atoms with E-state index in [9.17, 15) is 4.79 Å². The normalized spacial score (nSPS) is 18.7. The molecular weight excluding hydrogens is 240 g/mol. The van der Waals surface area contributed by atoms with E-state index in [2.05, 4.69) is 6.92 Å². The van der Waals surface area contributed by atoms with E-state index in [1.807, 2.05) is 25.7 Å². The minimum Gasteiger partial charge on any atom is -0.466 e. The van der Waals surface area contributed by atoms with Crippen molar-refractivity contribution >= 4 is 5.91 Å². The standard InChI is InChI=1S/C15H24N2O2/c1-10-11(2)19-12(3)13(10)14(18)17-7-5-15(4,9-16)6-8-17/h5-9,16H2,1-4H3. The summed E-state index contributed by atoms with van der Waals surface area (Å²) < 4.78 is 5.55. The lowest BCUT2D eigenvalue weighted by molar-refractivity contribution is 0.0615. The third-order valence-corrected chi connectivity index (χ3v) is 4.53. The van der Waals surface area contributed by atoms with Gasteiger partial charge >= 0.3 is 0 Å². The van der Waals surface area contributed by atoms with Gasteiger partial charge < -0.3 is 15.1 Å². The van der Waals surface area contributed by atoms with E-state index in [0.717, 1.165) is 48.6 Å². The van der Waals surface area contributed by atoms with Gasteiger partial charge in [-0.15, -0.1) is 0 Å². The number of aryl methyl sites for hydroxylation is 2. The van der Waals surface area contributed by atoms with Gasteiger partial charge in [-0.1, -0.05) is 6.92 Å². The number of rotatable bonds is 2. The highest BCUT2D eigenvalue weighted by Crippen LogP contribution is 2.31. The summed E-state index contributed by atoms with van der Waals surface area (Å²) in [5.74, 6) is 1.67. The smallest absolute Gasteiger partial charge is 0.257 e. The summed E-state index contributed by atoms with van der Waals surface area (Å²) in [6, 6.07) is 0. The predicted molar refractivity (Wildman–Crippen MR) is 75.2 cm³/mol. The van der Waals surface area contributed by atoms with Crippen LogP contribution in [0.2, 0.25) is 0 Å². The molecule has 1 aliphatic rings. The van der Waals surface area contributed by atoms with Crippen molar-refractivity contribution < 1.29 is 9.21 Å². The van der Waals surface area contributed by atoms with Crippen LogP contribution in [0.5, 0.6) is 0 Å². The number of furan rings is 1. The second-order valence-corrected chi connectivity index (χ2v) is 6.02. The molecule has 106 valence electrons. The molecule has 0 spiro atoms. The first-order valence-corrected chi connectivity index (χ1v) is 6.94. The minimum atomic E-state index is 0.103. The molecule has 2 heterocycles. The monoisotopic (exact) mass is 264 g/mol. The Morgan fingerprint density at radius 3 is 2.26 bits per heavy atom. The average Bonchev–Trinajstić information content (AvgIpc) is 2.63. The maximum atomic E-state index is 12.6. The van der Waals surface area contributed by atoms with Gasteiger partial charge in [-0.2, -0.15) is 0 Å². The van der Waals surface area contributed by atoms with E-state index in [1.54, 1.807) is 0 Å². The highest BCUT2D eigenvalue weighted by atomic mass is 16.3. The molecule has 4 heteroatoms. The topological polar surface area (TPSA) is 59.5 Å². The van der Waals surface area contributed by atoms with Crippen molar-refractivity contribution in [3.05, 3.63) is 22.6 Å². The Morgan fingerprint density at radius 2 is 1.84 bits per heavy atom.